The van der Waals surface area contributed by atoms with E-state index in [2.05, 4.69) is 14.7 Å². The number of carbonyl (C=O) groups is 1. The number of amides is 1. The molecule has 3 aromatic rings. The zero-order valence-corrected chi connectivity index (χ0v) is 20.3. The molecular formula is C24H20ClF3N2O5S. The molecule has 0 aliphatic rings. The average molecular weight is 541 g/mol. The largest absolute Gasteiger partial charge is 0.534 e. The van der Waals surface area contributed by atoms with Gasteiger partial charge >= 0.3 is 21.7 Å². The van der Waals surface area contributed by atoms with Gasteiger partial charge in [0.15, 0.2) is 0 Å². The van der Waals surface area contributed by atoms with Crippen molar-refractivity contribution in [3.63, 3.8) is 0 Å². The van der Waals surface area contributed by atoms with E-state index in [1.807, 2.05) is 0 Å². The van der Waals surface area contributed by atoms with Crippen molar-refractivity contribution in [3.8, 4) is 5.75 Å². The summed E-state index contributed by atoms with van der Waals surface area (Å²) < 4.78 is 69.9. The summed E-state index contributed by atoms with van der Waals surface area (Å²) in [5.74, 6) is -1.17. The van der Waals surface area contributed by atoms with Gasteiger partial charge in [-0.2, -0.15) is 26.7 Å². The van der Waals surface area contributed by atoms with Crippen molar-refractivity contribution in [3.05, 3.63) is 101 Å². The van der Waals surface area contributed by atoms with E-state index in [1.54, 1.807) is 61.5 Å². The Morgan fingerprint density at radius 2 is 1.53 bits per heavy atom. The Kier molecular flexibility index (Phi) is 8.59. The first-order valence-corrected chi connectivity index (χ1v) is 12.2. The third-order valence-corrected chi connectivity index (χ3v) is 6.02. The number of hydrogen-bond donors (Lipinski definition) is 1. The van der Waals surface area contributed by atoms with Crippen LogP contribution in [0, 0.1) is 0 Å². The van der Waals surface area contributed by atoms with E-state index in [0.29, 0.717) is 27.4 Å². The average Bonchev–Trinajstić information content (AvgIpc) is 2.83. The fraction of sp³-hybridized carbons (Fsp3) is 0.167. The van der Waals surface area contributed by atoms with Crippen LogP contribution in [0.15, 0.2) is 84.0 Å². The number of rotatable bonds is 8. The molecular weight excluding hydrogens is 521 g/mol. The van der Waals surface area contributed by atoms with Crippen LogP contribution in [0.2, 0.25) is 5.02 Å². The molecule has 0 bridgehead atoms. The monoisotopic (exact) mass is 540 g/mol. The van der Waals surface area contributed by atoms with Crippen molar-refractivity contribution in [1.82, 2.24) is 5.43 Å². The molecule has 12 heteroatoms. The Balaban J connectivity index is 2.09. The zero-order chi connectivity index (χ0) is 26.3. The first-order valence-electron chi connectivity index (χ1n) is 10.4. The molecule has 1 unspecified atom stereocenters. The first-order chi connectivity index (χ1) is 17.0. The third kappa shape index (κ3) is 6.76. The Morgan fingerprint density at radius 3 is 2.06 bits per heavy atom. The molecule has 0 spiro atoms. The fourth-order valence-corrected chi connectivity index (χ4v) is 3.81. The molecule has 36 heavy (non-hydrogen) atoms. The molecule has 0 saturated heterocycles. The number of benzene rings is 3. The molecule has 1 N–H and O–H groups in total. The molecule has 3 aromatic carbocycles. The van der Waals surface area contributed by atoms with Gasteiger partial charge in [0, 0.05) is 5.02 Å². The summed E-state index contributed by atoms with van der Waals surface area (Å²) in [6.07, 6.45) is -0.776. The van der Waals surface area contributed by atoms with E-state index in [0.717, 1.165) is 12.1 Å². The van der Waals surface area contributed by atoms with E-state index >= 15 is 0 Å². The maximum Gasteiger partial charge on any atom is 0.534 e. The van der Waals surface area contributed by atoms with Gasteiger partial charge in [-0.1, -0.05) is 66.2 Å². The van der Waals surface area contributed by atoms with E-state index in [9.17, 15) is 26.4 Å². The maximum atomic E-state index is 12.7. The van der Waals surface area contributed by atoms with Crippen molar-refractivity contribution in [2.24, 2.45) is 5.10 Å². The second-order valence-electron chi connectivity index (χ2n) is 7.23. The van der Waals surface area contributed by atoms with E-state index < -0.39 is 33.4 Å². The van der Waals surface area contributed by atoms with Gasteiger partial charge in [-0.05, 0) is 47.9 Å². The molecule has 7 nitrogen and oxygen atoms in total. The highest BCUT2D eigenvalue weighted by molar-refractivity contribution is 7.88. The van der Waals surface area contributed by atoms with Gasteiger partial charge in [0.05, 0.1) is 18.2 Å². The van der Waals surface area contributed by atoms with Gasteiger partial charge in [-0.3, -0.25) is 0 Å². The minimum atomic E-state index is -5.82. The van der Waals surface area contributed by atoms with Gasteiger partial charge in [-0.25, -0.2) is 10.2 Å². The van der Waals surface area contributed by atoms with Crippen molar-refractivity contribution in [1.29, 1.82) is 0 Å². The number of ether oxygens (including phenoxy) is 1. The summed E-state index contributed by atoms with van der Waals surface area (Å²) in [6.45, 7) is 1.77. The topological polar surface area (TPSA) is 94.1 Å². The summed E-state index contributed by atoms with van der Waals surface area (Å²) in [4.78, 5) is 12.0. The lowest BCUT2D eigenvalue weighted by atomic mass is 9.84. The predicted octanol–water partition coefficient (Wildman–Crippen LogP) is 5.85. The minimum absolute atomic E-state index is 0.130. The van der Waals surface area contributed by atoms with Crippen LogP contribution in [0.25, 0.3) is 0 Å². The molecule has 0 aliphatic heterocycles. The van der Waals surface area contributed by atoms with Crippen molar-refractivity contribution in [2.45, 2.75) is 18.3 Å². The van der Waals surface area contributed by atoms with Crippen LogP contribution in [-0.2, 0) is 14.9 Å². The quantitative estimate of drug-likeness (QED) is 0.167. The van der Waals surface area contributed by atoms with Crippen LogP contribution < -0.4 is 9.61 Å². The van der Waals surface area contributed by atoms with Crippen LogP contribution in [0.3, 0.4) is 0 Å². The van der Waals surface area contributed by atoms with Crippen LogP contribution in [0.1, 0.15) is 29.5 Å². The van der Waals surface area contributed by atoms with Crippen LogP contribution >= 0.6 is 11.6 Å². The summed E-state index contributed by atoms with van der Waals surface area (Å²) in [6, 6.07) is 20.6. The molecule has 1 amide bonds. The zero-order valence-electron chi connectivity index (χ0n) is 18.7. The number of alkyl halides is 3. The lowest BCUT2D eigenvalue weighted by Crippen LogP contribution is -2.28. The summed E-state index contributed by atoms with van der Waals surface area (Å²) in [5, 5.41) is 4.76. The highest BCUT2D eigenvalue weighted by Gasteiger charge is 2.48. The van der Waals surface area contributed by atoms with Crippen molar-refractivity contribution >= 4 is 33.5 Å². The second-order valence-corrected chi connectivity index (χ2v) is 9.21. The molecule has 0 heterocycles. The molecule has 0 saturated carbocycles. The van der Waals surface area contributed by atoms with E-state index in [4.69, 9.17) is 16.3 Å². The van der Waals surface area contributed by atoms with Crippen molar-refractivity contribution < 1.29 is 35.3 Å². The molecule has 0 radical (unpaired) electrons. The molecule has 0 fully saturated rings. The molecule has 0 aromatic heterocycles. The van der Waals surface area contributed by atoms with Crippen LogP contribution in [0.4, 0.5) is 18.0 Å². The number of hydrazone groups is 1. The summed E-state index contributed by atoms with van der Waals surface area (Å²) in [7, 11) is -5.82. The van der Waals surface area contributed by atoms with Gasteiger partial charge in [0.25, 0.3) is 0 Å². The number of halogens is 4. The second kappa shape index (κ2) is 11.4. The molecule has 0 aliphatic carbocycles. The maximum absolute atomic E-state index is 12.7. The van der Waals surface area contributed by atoms with Gasteiger partial charge < -0.3 is 8.92 Å². The first kappa shape index (κ1) is 27.0. The fourth-order valence-electron chi connectivity index (χ4n) is 3.23. The Bertz CT molecular complexity index is 1310. The third-order valence-electron chi connectivity index (χ3n) is 4.79. The Hall–Kier alpha value is -3.57. The highest BCUT2D eigenvalue weighted by Crippen LogP contribution is 2.33. The normalized spacial score (nSPS) is 13.1. The molecule has 1 atom stereocenters. The smallest absolute Gasteiger partial charge is 0.449 e. The van der Waals surface area contributed by atoms with Crippen LogP contribution in [-0.4, -0.2) is 32.3 Å². The lowest BCUT2D eigenvalue weighted by Gasteiger charge is -2.21. The Morgan fingerprint density at radius 1 is 0.972 bits per heavy atom. The Labute approximate surface area is 210 Å². The van der Waals surface area contributed by atoms with E-state index in [-0.39, 0.29) is 6.61 Å². The number of hydrogen-bond acceptors (Lipinski definition) is 6. The predicted molar refractivity (Wildman–Crippen MR) is 128 cm³/mol. The van der Waals surface area contributed by atoms with Gasteiger partial charge in [0.2, 0.25) is 0 Å². The minimum Gasteiger partial charge on any atom is -0.449 e. The number of nitrogens with one attached hydrogen (secondary N) is 1. The van der Waals surface area contributed by atoms with Gasteiger partial charge in [-0.15, -0.1) is 0 Å². The van der Waals surface area contributed by atoms with Crippen LogP contribution in [0.5, 0.6) is 5.75 Å². The summed E-state index contributed by atoms with van der Waals surface area (Å²) >= 11 is 6.05. The SMILES string of the molecule is CCOC(=O)NN=C(c1ccccc1)C(c1ccc(Cl)cc1)c1ccc(OS(=O)(=O)C(F)(F)F)cc1. The summed E-state index contributed by atoms with van der Waals surface area (Å²) in [5.41, 5.74) is -1.01. The van der Waals surface area contributed by atoms with Gasteiger partial charge in [0.1, 0.15) is 5.75 Å². The highest BCUT2D eigenvalue weighted by atomic mass is 35.5. The van der Waals surface area contributed by atoms with Crippen molar-refractivity contribution in [2.75, 3.05) is 6.61 Å². The molecule has 3 rings (SSSR count). The van der Waals surface area contributed by atoms with E-state index in [1.165, 1.54) is 12.1 Å². The molecule has 190 valence electrons. The number of carbonyl (C=O) groups excluding carboxylic acids is 1. The lowest BCUT2D eigenvalue weighted by molar-refractivity contribution is -0.0500. The standard InChI is InChI=1S/C24H20ClF3N2O5S/c1-2-34-23(31)30-29-22(18-6-4-3-5-7-18)21(16-8-12-19(25)13-9-16)17-10-14-20(15-11-17)35-36(32,33)24(26,27)28/h3-15,21H,2H2,1H3,(H,30,31). The number of nitrogens with zero attached hydrogens (tertiary/aromatic N) is 1.